The minimum Gasteiger partial charge on any atom is -0.401 e. The number of carbonyl (C=O) groups excluding carboxylic acids is 2. The smallest absolute Gasteiger partial charge is 0.250 e. The first kappa shape index (κ1) is 27.4. The van der Waals surface area contributed by atoms with Crippen LogP contribution in [0.1, 0.15) is 64.0 Å². The molecule has 1 atom stereocenters. The lowest BCUT2D eigenvalue weighted by molar-refractivity contribution is -0.134. The number of carbonyl (C=O) groups is 2. The summed E-state index contributed by atoms with van der Waals surface area (Å²) < 4.78 is 0. The van der Waals surface area contributed by atoms with E-state index in [0.29, 0.717) is 29.2 Å². The molecule has 4 N–H and O–H groups in total. The van der Waals surface area contributed by atoms with E-state index in [1.54, 1.807) is 6.92 Å². The van der Waals surface area contributed by atoms with Crippen LogP contribution < -0.4 is 11.1 Å². The van der Waals surface area contributed by atoms with Crippen molar-refractivity contribution in [2.24, 2.45) is 17.6 Å². The summed E-state index contributed by atoms with van der Waals surface area (Å²) in [6.45, 7) is 13.3. The standard InChI is InChI=1S/C31H41N5O2/c1-18(2)27(32)26-25(21-9-11-22(12-10-21)31(38)36-15-7-8-16-36)28(35(6)29(26)33)24-14-13-23(17-20(24)5)34-30(37)19(3)4/h9,13-14,17-18,22,33H,3,7-8,10-12,15-16,32H2,1-2,4-6H3,(H,34,37)/b27-26+,33-29?/t22-/m0/s1. The molecule has 0 bridgehead atoms. The Morgan fingerprint density at radius 3 is 2.45 bits per heavy atom. The van der Waals surface area contributed by atoms with Crippen LogP contribution in [-0.4, -0.2) is 47.6 Å². The molecule has 7 heteroatoms. The van der Waals surface area contributed by atoms with Crippen LogP contribution in [0.4, 0.5) is 5.69 Å². The lowest BCUT2D eigenvalue weighted by atomic mass is 9.81. The van der Waals surface area contributed by atoms with Crippen LogP contribution in [-0.2, 0) is 9.59 Å². The number of likely N-dealkylation sites (tertiary alicyclic amines) is 1. The van der Waals surface area contributed by atoms with Crippen molar-refractivity contribution in [2.45, 2.75) is 59.8 Å². The van der Waals surface area contributed by atoms with Gasteiger partial charge in [-0.05, 0) is 75.1 Å². The Labute approximate surface area is 226 Å². The maximum Gasteiger partial charge on any atom is 0.250 e. The third-order valence-electron chi connectivity index (χ3n) is 7.93. The average molecular weight is 516 g/mol. The lowest BCUT2D eigenvalue weighted by Crippen LogP contribution is -2.34. The molecule has 1 saturated heterocycles. The first-order chi connectivity index (χ1) is 18.0. The molecule has 2 heterocycles. The van der Waals surface area contributed by atoms with Gasteiger partial charge in [-0.2, -0.15) is 0 Å². The quantitative estimate of drug-likeness (QED) is 0.444. The third-order valence-corrected chi connectivity index (χ3v) is 7.93. The van der Waals surface area contributed by atoms with Crippen LogP contribution in [0.3, 0.4) is 0 Å². The molecule has 2 amide bonds. The number of nitrogens with two attached hydrogens (primary N) is 1. The van der Waals surface area contributed by atoms with E-state index in [2.05, 4.69) is 31.8 Å². The van der Waals surface area contributed by atoms with Gasteiger partial charge in [-0.15, -0.1) is 0 Å². The molecule has 0 aromatic heterocycles. The minimum atomic E-state index is -0.211. The van der Waals surface area contributed by atoms with E-state index in [1.165, 1.54) is 0 Å². The van der Waals surface area contributed by atoms with Crippen molar-refractivity contribution in [3.05, 3.63) is 70.0 Å². The van der Waals surface area contributed by atoms with Crippen molar-refractivity contribution in [1.82, 2.24) is 9.80 Å². The molecule has 7 nitrogen and oxygen atoms in total. The summed E-state index contributed by atoms with van der Waals surface area (Å²) in [7, 11) is 1.91. The minimum absolute atomic E-state index is 0.0207. The molecule has 0 saturated carbocycles. The summed E-state index contributed by atoms with van der Waals surface area (Å²) >= 11 is 0. The second-order valence-corrected chi connectivity index (χ2v) is 11.1. The fraction of sp³-hybridized carbons (Fsp3) is 0.452. The summed E-state index contributed by atoms with van der Waals surface area (Å²) in [5.41, 5.74) is 14.4. The molecule has 0 unspecified atom stereocenters. The van der Waals surface area contributed by atoms with Crippen LogP contribution in [0.25, 0.3) is 5.70 Å². The van der Waals surface area contributed by atoms with E-state index >= 15 is 0 Å². The van der Waals surface area contributed by atoms with Crippen molar-refractivity contribution in [3.63, 3.8) is 0 Å². The summed E-state index contributed by atoms with van der Waals surface area (Å²) in [4.78, 5) is 29.1. The Morgan fingerprint density at radius 1 is 1.21 bits per heavy atom. The van der Waals surface area contributed by atoms with Gasteiger partial charge < -0.3 is 20.9 Å². The molecule has 1 aromatic rings. The molecular weight excluding hydrogens is 474 g/mol. The van der Waals surface area contributed by atoms with Crippen molar-refractivity contribution in [1.29, 1.82) is 5.41 Å². The van der Waals surface area contributed by atoms with Gasteiger partial charge in [-0.1, -0.05) is 32.6 Å². The number of aryl methyl sites for hydroxylation is 1. The van der Waals surface area contributed by atoms with Gasteiger partial charge in [0.1, 0.15) is 5.84 Å². The molecular formula is C31H41N5O2. The van der Waals surface area contributed by atoms with Crippen molar-refractivity contribution >= 4 is 29.0 Å². The number of hydrogen-bond acceptors (Lipinski definition) is 4. The number of nitrogens with zero attached hydrogens (tertiary/aromatic N) is 2. The Hall–Kier alpha value is -3.61. The van der Waals surface area contributed by atoms with Crippen LogP contribution in [0.5, 0.6) is 0 Å². The zero-order chi connectivity index (χ0) is 27.7. The molecule has 4 rings (SSSR count). The van der Waals surface area contributed by atoms with Gasteiger partial charge in [-0.3, -0.25) is 15.0 Å². The third kappa shape index (κ3) is 5.19. The Kier molecular flexibility index (Phi) is 7.95. The fourth-order valence-electron chi connectivity index (χ4n) is 5.61. The Balaban J connectivity index is 1.77. The number of hydrogen-bond donors (Lipinski definition) is 3. The van der Waals surface area contributed by atoms with Crippen LogP contribution in [0, 0.1) is 24.2 Å². The normalized spacial score (nSPS) is 21.3. The maximum absolute atomic E-state index is 13.1. The van der Waals surface area contributed by atoms with E-state index in [1.807, 2.05) is 42.0 Å². The highest BCUT2D eigenvalue weighted by Gasteiger charge is 2.37. The number of rotatable bonds is 6. The fourth-order valence-corrected chi connectivity index (χ4v) is 5.61. The molecule has 1 aliphatic carbocycles. The van der Waals surface area contributed by atoms with Gasteiger partial charge in [0.05, 0.1) is 5.70 Å². The van der Waals surface area contributed by atoms with E-state index in [9.17, 15) is 9.59 Å². The van der Waals surface area contributed by atoms with Crippen LogP contribution >= 0.6 is 0 Å². The lowest BCUT2D eigenvalue weighted by Gasteiger charge is -2.27. The molecule has 1 fully saturated rings. The van der Waals surface area contributed by atoms with Gasteiger partial charge in [-0.25, -0.2) is 0 Å². The molecule has 1 aromatic carbocycles. The van der Waals surface area contributed by atoms with Gasteiger partial charge in [0.15, 0.2) is 0 Å². The van der Waals surface area contributed by atoms with Gasteiger partial charge >= 0.3 is 0 Å². The molecule has 2 aliphatic heterocycles. The number of allylic oxidation sites excluding steroid dienone is 3. The summed E-state index contributed by atoms with van der Waals surface area (Å²) in [5, 5.41) is 11.9. The predicted octanol–water partition coefficient (Wildman–Crippen LogP) is 5.36. The zero-order valence-corrected chi connectivity index (χ0v) is 23.4. The molecule has 0 radical (unpaired) electrons. The number of benzene rings is 1. The predicted molar refractivity (Wildman–Crippen MR) is 154 cm³/mol. The molecule has 3 aliphatic rings. The first-order valence-electron chi connectivity index (χ1n) is 13.6. The zero-order valence-electron chi connectivity index (χ0n) is 23.4. The maximum atomic E-state index is 13.1. The van der Waals surface area contributed by atoms with E-state index < -0.39 is 0 Å². The molecule has 0 spiro atoms. The number of amidine groups is 1. The number of anilines is 1. The van der Waals surface area contributed by atoms with Crippen LogP contribution in [0.15, 0.2) is 58.8 Å². The van der Waals surface area contributed by atoms with E-state index in [0.717, 1.165) is 72.3 Å². The second kappa shape index (κ2) is 11.0. The van der Waals surface area contributed by atoms with Crippen LogP contribution in [0.2, 0.25) is 0 Å². The second-order valence-electron chi connectivity index (χ2n) is 11.1. The highest BCUT2D eigenvalue weighted by Crippen LogP contribution is 2.45. The van der Waals surface area contributed by atoms with Crippen molar-refractivity contribution < 1.29 is 9.59 Å². The summed E-state index contributed by atoms with van der Waals surface area (Å²) in [5.74, 6) is 0.562. The van der Waals surface area contributed by atoms with E-state index in [-0.39, 0.29) is 23.7 Å². The van der Waals surface area contributed by atoms with Gasteiger partial charge in [0.25, 0.3) is 5.91 Å². The highest BCUT2D eigenvalue weighted by atomic mass is 16.2. The number of nitrogens with one attached hydrogen (secondary N) is 2. The Bertz CT molecular complexity index is 1280. The Morgan fingerprint density at radius 2 is 1.89 bits per heavy atom. The SMILES string of the molecule is C=C(C)C(=O)Nc1ccc(C2=C(C3=CC[C@H](C(=O)N4CCCC4)CC3)/C(=C(\N)C(C)C)C(=N)N2C)c(C)c1. The van der Waals surface area contributed by atoms with Gasteiger partial charge in [0.2, 0.25) is 5.91 Å². The number of amides is 2. The topological polar surface area (TPSA) is 103 Å². The van der Waals surface area contributed by atoms with Crippen molar-refractivity contribution in [2.75, 3.05) is 25.5 Å². The summed E-state index contributed by atoms with van der Waals surface area (Å²) in [6, 6.07) is 5.84. The van der Waals surface area contributed by atoms with E-state index in [4.69, 9.17) is 11.1 Å². The first-order valence-corrected chi connectivity index (χ1v) is 13.6. The molecule has 202 valence electrons. The molecule has 38 heavy (non-hydrogen) atoms. The number of likely N-dealkylation sites (N-methyl/N-ethyl adjacent to an activating group) is 1. The average Bonchev–Trinajstić information content (AvgIpc) is 3.51. The highest BCUT2D eigenvalue weighted by molar-refractivity contribution is 6.14. The van der Waals surface area contributed by atoms with Crippen molar-refractivity contribution in [3.8, 4) is 0 Å². The van der Waals surface area contributed by atoms with Gasteiger partial charge in [0, 0.05) is 59.7 Å². The monoisotopic (exact) mass is 515 g/mol. The summed E-state index contributed by atoms with van der Waals surface area (Å²) in [6.07, 6.45) is 6.68. The largest absolute Gasteiger partial charge is 0.401 e.